The zero-order valence-electron chi connectivity index (χ0n) is 20.2. The highest BCUT2D eigenvalue weighted by Gasteiger charge is 2.49. The number of hydrogen-bond acceptors (Lipinski definition) is 1. The summed E-state index contributed by atoms with van der Waals surface area (Å²) in [5.41, 5.74) is 9.11. The van der Waals surface area contributed by atoms with Crippen LogP contribution in [0.4, 0.5) is 0 Å². The number of para-hydroxylation sites is 1. The van der Waals surface area contributed by atoms with Crippen LogP contribution in [-0.2, 0) is 5.41 Å². The van der Waals surface area contributed by atoms with Crippen LogP contribution >= 0.6 is 31.9 Å². The second-order valence-electron chi connectivity index (χ2n) is 9.94. The summed E-state index contributed by atoms with van der Waals surface area (Å²) >= 11 is 7.68. The molecule has 180 valence electrons. The topological polar surface area (TPSA) is 9.23 Å². The lowest BCUT2D eigenvalue weighted by molar-refractivity contribution is 0.440. The van der Waals surface area contributed by atoms with Crippen LogP contribution in [0.3, 0.4) is 0 Å². The summed E-state index contributed by atoms with van der Waals surface area (Å²) in [6.45, 7) is 0. The molecule has 0 radical (unpaired) electrons. The number of hydrogen-bond donors (Lipinski definition) is 0. The van der Waals surface area contributed by atoms with Crippen LogP contribution in [0.2, 0.25) is 0 Å². The van der Waals surface area contributed by atoms with Gasteiger partial charge in [0.2, 0.25) is 0 Å². The minimum atomic E-state index is -0.606. The van der Waals surface area contributed by atoms with Crippen molar-refractivity contribution in [3.05, 3.63) is 153 Å². The Hall–Kier alpha value is -3.66. The maximum absolute atomic E-state index is 6.80. The van der Waals surface area contributed by atoms with Crippen molar-refractivity contribution in [1.29, 1.82) is 0 Å². The normalized spacial score (nSPS) is 13.9. The van der Waals surface area contributed by atoms with E-state index in [1.54, 1.807) is 0 Å². The quantitative estimate of drug-likeness (QED) is 0.165. The summed E-state index contributed by atoms with van der Waals surface area (Å²) < 4.78 is 8.91. The van der Waals surface area contributed by atoms with E-state index in [1.165, 1.54) is 38.8 Å². The lowest BCUT2D eigenvalue weighted by Crippen LogP contribution is -2.35. The van der Waals surface area contributed by atoms with Gasteiger partial charge in [-0.15, -0.1) is 0 Å². The van der Waals surface area contributed by atoms with Crippen LogP contribution < -0.4 is 4.74 Å². The van der Waals surface area contributed by atoms with E-state index in [4.69, 9.17) is 4.74 Å². The molecule has 0 amide bonds. The third kappa shape index (κ3) is 2.92. The van der Waals surface area contributed by atoms with E-state index in [-0.39, 0.29) is 0 Å². The Labute approximate surface area is 238 Å². The Bertz CT molecular complexity index is 1860. The predicted octanol–water partition coefficient (Wildman–Crippen LogP) is 10.5. The predicted molar refractivity (Wildman–Crippen MR) is 162 cm³/mol. The van der Waals surface area contributed by atoms with Gasteiger partial charge < -0.3 is 4.74 Å². The minimum Gasteiger partial charge on any atom is -0.456 e. The van der Waals surface area contributed by atoms with E-state index in [0.29, 0.717) is 0 Å². The Morgan fingerprint density at radius 3 is 1.79 bits per heavy atom. The van der Waals surface area contributed by atoms with Gasteiger partial charge in [0, 0.05) is 25.5 Å². The summed E-state index contributed by atoms with van der Waals surface area (Å²) in [5, 5.41) is 2.29. The van der Waals surface area contributed by atoms with Crippen LogP contribution in [0, 0.1) is 0 Å². The average Bonchev–Trinajstić information content (AvgIpc) is 3.05. The summed E-state index contributed by atoms with van der Waals surface area (Å²) in [7, 11) is 0. The third-order valence-electron chi connectivity index (χ3n) is 8.07. The molecule has 0 atom stereocenters. The van der Waals surface area contributed by atoms with Crippen molar-refractivity contribution in [3.63, 3.8) is 0 Å². The van der Waals surface area contributed by atoms with Gasteiger partial charge in [0.15, 0.2) is 0 Å². The minimum absolute atomic E-state index is 0.606. The molecule has 2 aliphatic rings. The second kappa shape index (κ2) is 8.17. The van der Waals surface area contributed by atoms with Crippen LogP contribution in [0.1, 0.15) is 22.3 Å². The van der Waals surface area contributed by atoms with E-state index in [9.17, 15) is 0 Å². The first-order chi connectivity index (χ1) is 18.7. The molecule has 3 heteroatoms. The molecule has 1 aliphatic heterocycles. The van der Waals surface area contributed by atoms with Crippen LogP contribution in [0.25, 0.3) is 33.0 Å². The molecule has 38 heavy (non-hydrogen) atoms. The van der Waals surface area contributed by atoms with Crippen molar-refractivity contribution in [2.75, 3.05) is 0 Å². The van der Waals surface area contributed by atoms with Gasteiger partial charge in [-0.05, 0) is 69.1 Å². The fourth-order valence-corrected chi connectivity index (χ4v) is 7.29. The average molecular weight is 616 g/mol. The van der Waals surface area contributed by atoms with Crippen LogP contribution in [0.5, 0.6) is 11.5 Å². The Morgan fingerprint density at radius 1 is 0.474 bits per heavy atom. The molecule has 8 rings (SSSR count). The summed E-state index contributed by atoms with van der Waals surface area (Å²) in [4.78, 5) is 0. The van der Waals surface area contributed by atoms with Crippen molar-refractivity contribution in [2.45, 2.75) is 5.41 Å². The number of fused-ring (bicyclic) bond motifs is 13. The summed E-state index contributed by atoms with van der Waals surface area (Å²) in [5.74, 6) is 1.81. The second-order valence-corrected chi connectivity index (χ2v) is 11.8. The van der Waals surface area contributed by atoms with E-state index < -0.39 is 5.41 Å². The number of ether oxygens (including phenoxy) is 1. The highest BCUT2D eigenvalue weighted by atomic mass is 79.9. The SMILES string of the molecule is Brc1ccc2c(c1)C1(c3ccccc3Oc3c1ccc1ccccc31)c1cc(Br)ccc1-c1ccccc1-2. The highest BCUT2D eigenvalue weighted by molar-refractivity contribution is 9.10. The van der Waals surface area contributed by atoms with E-state index in [1.807, 2.05) is 0 Å². The Morgan fingerprint density at radius 2 is 1.08 bits per heavy atom. The largest absolute Gasteiger partial charge is 0.456 e. The monoisotopic (exact) mass is 614 g/mol. The molecule has 0 N–H and O–H groups in total. The first-order valence-electron chi connectivity index (χ1n) is 12.7. The van der Waals surface area contributed by atoms with Crippen LogP contribution in [0.15, 0.2) is 130 Å². The molecule has 0 saturated heterocycles. The molecular weight excluding hydrogens is 596 g/mol. The van der Waals surface area contributed by atoms with Gasteiger partial charge in [0.1, 0.15) is 11.5 Å². The standard InChI is InChI=1S/C35H20Br2O/c36-22-14-16-27-25-9-3-4-10-26(25)28-17-15-23(37)20-32(28)35(31(27)19-22)29-11-5-6-12-33(29)38-34-24-8-2-1-7-21(24)13-18-30(34)35/h1-20H. The molecule has 6 aromatic rings. The third-order valence-corrected chi connectivity index (χ3v) is 9.05. The van der Waals surface area contributed by atoms with Gasteiger partial charge in [-0.2, -0.15) is 0 Å². The molecule has 1 aliphatic carbocycles. The Balaban J connectivity index is 1.67. The Kier molecular flexibility index (Phi) is 4.80. The first-order valence-corrected chi connectivity index (χ1v) is 14.2. The lowest BCUT2D eigenvalue weighted by Gasteiger charge is -2.43. The first kappa shape index (κ1) is 22.3. The zero-order valence-corrected chi connectivity index (χ0v) is 23.4. The molecule has 6 aromatic carbocycles. The molecular formula is C35H20Br2O. The maximum Gasteiger partial charge on any atom is 0.140 e. The van der Waals surface area contributed by atoms with E-state index in [0.717, 1.165) is 37.0 Å². The maximum atomic E-state index is 6.80. The molecule has 0 aromatic heterocycles. The van der Waals surface area contributed by atoms with Crippen molar-refractivity contribution in [2.24, 2.45) is 0 Å². The molecule has 0 unspecified atom stereocenters. The molecule has 0 fully saturated rings. The van der Waals surface area contributed by atoms with Crippen LogP contribution in [-0.4, -0.2) is 0 Å². The molecule has 0 bridgehead atoms. The number of halogens is 2. The molecule has 1 nitrogen and oxygen atoms in total. The van der Waals surface area contributed by atoms with Gasteiger partial charge in [0.25, 0.3) is 0 Å². The fourth-order valence-electron chi connectivity index (χ4n) is 6.57. The number of rotatable bonds is 0. The molecule has 1 heterocycles. The summed E-state index contributed by atoms with van der Waals surface area (Å²) in [6.07, 6.45) is 0. The van der Waals surface area contributed by atoms with E-state index >= 15 is 0 Å². The highest BCUT2D eigenvalue weighted by Crippen LogP contribution is 2.62. The van der Waals surface area contributed by atoms with Crippen molar-refractivity contribution < 1.29 is 4.74 Å². The molecule has 1 spiro atoms. The zero-order chi connectivity index (χ0) is 25.4. The van der Waals surface area contributed by atoms with Gasteiger partial charge in [-0.3, -0.25) is 0 Å². The number of benzene rings is 6. The van der Waals surface area contributed by atoms with Gasteiger partial charge in [-0.1, -0.05) is 123 Å². The van der Waals surface area contributed by atoms with Gasteiger partial charge in [-0.25, -0.2) is 0 Å². The van der Waals surface area contributed by atoms with Gasteiger partial charge in [0.05, 0.1) is 5.41 Å². The molecule has 0 saturated carbocycles. The van der Waals surface area contributed by atoms with E-state index in [2.05, 4.69) is 153 Å². The fraction of sp³-hybridized carbons (Fsp3) is 0.0286. The lowest BCUT2D eigenvalue weighted by atomic mass is 9.62. The van der Waals surface area contributed by atoms with Crippen molar-refractivity contribution in [1.82, 2.24) is 0 Å². The van der Waals surface area contributed by atoms with Crippen molar-refractivity contribution >= 4 is 42.6 Å². The van der Waals surface area contributed by atoms with Gasteiger partial charge >= 0.3 is 0 Å². The summed E-state index contributed by atoms with van der Waals surface area (Å²) in [6, 6.07) is 43.8. The smallest absolute Gasteiger partial charge is 0.140 e. The van der Waals surface area contributed by atoms with Crippen molar-refractivity contribution in [3.8, 4) is 33.8 Å².